The van der Waals surface area contributed by atoms with Crippen molar-refractivity contribution in [3.63, 3.8) is 0 Å². The normalized spacial score (nSPS) is 15.5. The van der Waals surface area contributed by atoms with Crippen LogP contribution in [-0.4, -0.2) is 43.2 Å². The van der Waals surface area contributed by atoms with Crippen LogP contribution in [-0.2, 0) is 10.2 Å². The zero-order valence-corrected chi connectivity index (χ0v) is 16.5. The van der Waals surface area contributed by atoms with Crippen molar-refractivity contribution in [2.24, 2.45) is 4.99 Å². The lowest BCUT2D eigenvalue weighted by atomic mass is 9.87. The molecular formula is C20H21N7O. The third-order valence-electron chi connectivity index (χ3n) is 5.07. The lowest BCUT2D eigenvalue weighted by Crippen LogP contribution is -2.28. The van der Waals surface area contributed by atoms with Gasteiger partial charge in [0.05, 0.1) is 11.0 Å². The molecule has 1 aliphatic rings. The highest BCUT2D eigenvalue weighted by Gasteiger charge is 2.43. The summed E-state index contributed by atoms with van der Waals surface area (Å²) in [4.78, 5) is 35.2. The molecular weight excluding hydrogens is 354 g/mol. The molecule has 142 valence electrons. The lowest BCUT2D eigenvalue weighted by molar-refractivity contribution is -0.119. The van der Waals surface area contributed by atoms with Crippen molar-refractivity contribution < 1.29 is 4.79 Å². The predicted molar refractivity (Wildman–Crippen MR) is 106 cm³/mol. The minimum absolute atomic E-state index is 0.111. The van der Waals surface area contributed by atoms with Gasteiger partial charge in [-0.05, 0) is 39.8 Å². The van der Waals surface area contributed by atoms with Crippen LogP contribution < -0.4 is 5.32 Å². The number of fused-ring (bicyclic) bond motifs is 1. The van der Waals surface area contributed by atoms with Crippen molar-refractivity contribution in [3.05, 3.63) is 59.2 Å². The molecule has 0 radical (unpaired) electrons. The predicted octanol–water partition coefficient (Wildman–Crippen LogP) is 2.37. The Morgan fingerprint density at radius 3 is 2.61 bits per heavy atom. The largest absolute Gasteiger partial charge is 0.309 e. The topological polar surface area (TPSA) is 98.0 Å². The Balaban J connectivity index is 2.00. The number of nitrogens with zero attached hydrogens (tertiary/aromatic N) is 6. The number of carbonyl (C=O) groups excluding carboxylic acids is 1. The van der Waals surface area contributed by atoms with Gasteiger partial charge >= 0.3 is 0 Å². The minimum atomic E-state index is -0.756. The smallest absolute Gasteiger partial charge is 0.235 e. The van der Waals surface area contributed by atoms with Crippen molar-refractivity contribution in [3.8, 4) is 5.82 Å². The number of amides is 1. The first-order chi connectivity index (χ1) is 13.3. The van der Waals surface area contributed by atoms with E-state index in [1.165, 1.54) is 0 Å². The molecule has 8 heteroatoms. The van der Waals surface area contributed by atoms with E-state index in [-0.39, 0.29) is 5.91 Å². The van der Waals surface area contributed by atoms with Crippen LogP contribution in [0.4, 0.5) is 5.82 Å². The summed E-state index contributed by atoms with van der Waals surface area (Å²) in [5, 5.41) is 2.90. The minimum Gasteiger partial charge on any atom is -0.309 e. The molecule has 8 nitrogen and oxygen atoms in total. The van der Waals surface area contributed by atoms with Gasteiger partial charge in [0.25, 0.3) is 0 Å². The second kappa shape index (κ2) is 6.33. The number of aliphatic imine (C=N–C) groups is 1. The highest BCUT2D eigenvalue weighted by Crippen LogP contribution is 2.39. The number of hydrogen-bond acceptors (Lipinski definition) is 6. The van der Waals surface area contributed by atoms with E-state index in [0.29, 0.717) is 23.2 Å². The molecule has 0 aromatic carbocycles. The maximum absolute atomic E-state index is 12.6. The molecule has 4 rings (SSSR count). The van der Waals surface area contributed by atoms with Crippen LogP contribution in [0.5, 0.6) is 0 Å². The molecule has 28 heavy (non-hydrogen) atoms. The average Bonchev–Trinajstić information content (AvgIpc) is 3.18. The van der Waals surface area contributed by atoms with E-state index >= 15 is 0 Å². The van der Waals surface area contributed by atoms with Gasteiger partial charge in [0.2, 0.25) is 5.91 Å². The molecule has 0 bridgehead atoms. The standard InChI is InChI=1S/C20H21N7O/c1-11-13(7-6-8-22-11)15(21-5)17-24-16-14(20(3,4)19(28)26-16)18(25-17)27-10-9-23-12(27)2/h6-10H,1-5H3,(H,24,25,26,28)/b21-15+. The Labute approximate surface area is 162 Å². The van der Waals surface area contributed by atoms with E-state index < -0.39 is 5.41 Å². The molecule has 0 saturated carbocycles. The summed E-state index contributed by atoms with van der Waals surface area (Å²) in [5.74, 6) is 2.22. The Kier molecular flexibility index (Phi) is 4.06. The van der Waals surface area contributed by atoms with Gasteiger partial charge in [-0.15, -0.1) is 0 Å². The molecule has 0 unspecified atom stereocenters. The van der Waals surface area contributed by atoms with Crippen LogP contribution in [0.3, 0.4) is 0 Å². The zero-order valence-electron chi connectivity index (χ0n) is 16.5. The second-order valence-electron chi connectivity index (χ2n) is 7.23. The molecule has 1 aliphatic heterocycles. The number of hydrogen-bond donors (Lipinski definition) is 1. The number of carbonyl (C=O) groups is 1. The van der Waals surface area contributed by atoms with Crippen molar-refractivity contribution in [2.45, 2.75) is 33.1 Å². The van der Waals surface area contributed by atoms with Gasteiger partial charge < -0.3 is 5.32 Å². The summed E-state index contributed by atoms with van der Waals surface area (Å²) in [5.41, 5.74) is 2.29. The summed E-state index contributed by atoms with van der Waals surface area (Å²) in [6, 6.07) is 3.79. The summed E-state index contributed by atoms with van der Waals surface area (Å²) >= 11 is 0. The number of rotatable bonds is 3. The molecule has 1 N–H and O–H groups in total. The number of nitrogens with one attached hydrogen (secondary N) is 1. The van der Waals surface area contributed by atoms with Gasteiger partial charge in [-0.1, -0.05) is 0 Å². The van der Waals surface area contributed by atoms with E-state index in [4.69, 9.17) is 4.98 Å². The van der Waals surface area contributed by atoms with Crippen LogP contribution in [0.15, 0.2) is 35.7 Å². The Bertz CT molecular complexity index is 1130. The number of aryl methyl sites for hydroxylation is 2. The van der Waals surface area contributed by atoms with Crippen LogP contribution in [0.1, 0.15) is 42.3 Å². The average molecular weight is 375 g/mol. The van der Waals surface area contributed by atoms with E-state index in [9.17, 15) is 4.79 Å². The molecule has 3 aromatic rings. The highest BCUT2D eigenvalue weighted by atomic mass is 16.2. The van der Waals surface area contributed by atoms with Gasteiger partial charge in [0.1, 0.15) is 23.2 Å². The molecule has 0 aliphatic carbocycles. The van der Waals surface area contributed by atoms with Gasteiger partial charge in [-0.3, -0.25) is 19.3 Å². The summed E-state index contributed by atoms with van der Waals surface area (Å²) < 4.78 is 1.87. The molecule has 0 saturated heterocycles. The maximum atomic E-state index is 12.6. The van der Waals surface area contributed by atoms with Crippen molar-refractivity contribution in [1.82, 2.24) is 24.5 Å². The molecule has 1 amide bonds. The van der Waals surface area contributed by atoms with E-state index in [1.807, 2.05) is 50.6 Å². The monoisotopic (exact) mass is 375 g/mol. The Morgan fingerprint density at radius 1 is 1.18 bits per heavy atom. The number of pyridine rings is 1. The van der Waals surface area contributed by atoms with E-state index in [0.717, 1.165) is 22.6 Å². The SMILES string of the molecule is C/N=C(/c1nc2c(c(-n3ccnc3C)n1)C(C)(C)C(=O)N2)c1cccnc1C. The fraction of sp³-hybridized carbons (Fsp3) is 0.300. The second-order valence-corrected chi connectivity index (χ2v) is 7.23. The molecule has 0 atom stereocenters. The van der Waals surface area contributed by atoms with Crippen molar-refractivity contribution >= 4 is 17.4 Å². The number of anilines is 1. The van der Waals surface area contributed by atoms with E-state index in [1.54, 1.807) is 19.4 Å². The van der Waals surface area contributed by atoms with Gasteiger partial charge in [0.15, 0.2) is 5.82 Å². The summed E-state index contributed by atoms with van der Waals surface area (Å²) in [7, 11) is 1.70. The third kappa shape index (κ3) is 2.60. The molecule has 0 fully saturated rings. The fourth-order valence-electron chi connectivity index (χ4n) is 3.45. The first-order valence-electron chi connectivity index (χ1n) is 8.98. The van der Waals surface area contributed by atoms with Crippen LogP contribution in [0.2, 0.25) is 0 Å². The van der Waals surface area contributed by atoms with Gasteiger partial charge in [0, 0.05) is 36.9 Å². The Hall–Kier alpha value is -3.42. The first-order valence-corrected chi connectivity index (χ1v) is 8.98. The van der Waals surface area contributed by atoms with Crippen molar-refractivity contribution in [2.75, 3.05) is 12.4 Å². The number of aromatic nitrogens is 5. The highest BCUT2D eigenvalue weighted by molar-refractivity contribution is 6.12. The maximum Gasteiger partial charge on any atom is 0.235 e. The van der Waals surface area contributed by atoms with Crippen molar-refractivity contribution in [1.29, 1.82) is 0 Å². The zero-order chi connectivity index (χ0) is 20.1. The van der Waals surface area contributed by atoms with E-state index in [2.05, 4.69) is 25.3 Å². The van der Waals surface area contributed by atoms with Crippen LogP contribution in [0.25, 0.3) is 5.82 Å². The quantitative estimate of drug-likeness (QED) is 0.709. The third-order valence-corrected chi connectivity index (χ3v) is 5.07. The first kappa shape index (κ1) is 18.0. The molecule has 4 heterocycles. The molecule has 0 spiro atoms. The summed E-state index contributed by atoms with van der Waals surface area (Å²) in [6.45, 7) is 7.55. The van der Waals surface area contributed by atoms with Crippen LogP contribution in [0, 0.1) is 13.8 Å². The van der Waals surface area contributed by atoms with Gasteiger partial charge in [-0.2, -0.15) is 0 Å². The number of imidazole rings is 1. The lowest BCUT2D eigenvalue weighted by Gasteiger charge is -2.19. The summed E-state index contributed by atoms with van der Waals surface area (Å²) in [6.07, 6.45) is 5.28. The Morgan fingerprint density at radius 2 is 1.96 bits per heavy atom. The fourth-order valence-corrected chi connectivity index (χ4v) is 3.45. The van der Waals surface area contributed by atoms with Gasteiger partial charge in [-0.25, -0.2) is 15.0 Å². The van der Waals surface area contributed by atoms with Crippen LogP contribution >= 0.6 is 0 Å². The molecule has 3 aromatic heterocycles.